The minimum absolute atomic E-state index is 0.0670. The van der Waals surface area contributed by atoms with Crippen molar-refractivity contribution in [2.75, 3.05) is 0 Å². The van der Waals surface area contributed by atoms with E-state index in [0.29, 0.717) is 0 Å². The summed E-state index contributed by atoms with van der Waals surface area (Å²) in [6.07, 6.45) is 2.83. The van der Waals surface area contributed by atoms with Crippen LogP contribution in [0.15, 0.2) is 11.1 Å². The molecule has 0 radical (unpaired) electrons. The second-order valence-electron chi connectivity index (χ2n) is 0.584. The van der Waals surface area contributed by atoms with Crippen molar-refractivity contribution < 1.29 is 0 Å². The molecule has 0 spiro atoms. The summed E-state index contributed by atoms with van der Waals surface area (Å²) < 4.78 is 0. The molecule has 0 aromatic heterocycles. The van der Waals surface area contributed by atoms with E-state index in [1.165, 1.54) is 6.21 Å². The minimum atomic E-state index is 0.0670. The van der Waals surface area contributed by atoms with Gasteiger partial charge < -0.3 is 0 Å². The van der Waals surface area contributed by atoms with Gasteiger partial charge in [0.1, 0.15) is 0 Å². The van der Waals surface area contributed by atoms with E-state index in [1.54, 1.807) is 11.1 Å². The van der Waals surface area contributed by atoms with Crippen LogP contribution in [0.1, 0.15) is 0 Å². The molecule has 0 bridgehead atoms. The van der Waals surface area contributed by atoms with Crippen LogP contribution in [0.3, 0.4) is 0 Å². The van der Waals surface area contributed by atoms with Crippen LogP contribution in [0.25, 0.3) is 0 Å². The van der Waals surface area contributed by atoms with E-state index in [9.17, 15) is 0 Å². The fraction of sp³-hybridized carbons (Fsp3) is 0. The molecule has 6 heavy (non-hydrogen) atoms. The summed E-state index contributed by atoms with van der Waals surface area (Å²) in [6, 6.07) is 0. The Morgan fingerprint density at radius 3 is 2.50 bits per heavy atom. The number of hydrogen-bond acceptors (Lipinski definition) is 1. The summed E-state index contributed by atoms with van der Waals surface area (Å²) in [5, 5.41) is 6.45. The Kier molecular flexibility index (Phi) is 5.41. The van der Waals surface area contributed by atoms with Gasteiger partial charge in [0.05, 0.1) is 0 Å². The van der Waals surface area contributed by atoms with Gasteiger partial charge in [-0.15, -0.1) is 0 Å². The molecule has 0 fully saturated rings. The van der Waals surface area contributed by atoms with Crippen LogP contribution >= 0.6 is 10.1 Å². The van der Waals surface area contributed by atoms with Gasteiger partial charge in [0.15, 0.2) is 0 Å². The SMILES string of the molecule is N=C/C=C\[Se]Cl. The zero-order chi connectivity index (χ0) is 4.83. The van der Waals surface area contributed by atoms with Crippen molar-refractivity contribution in [2.45, 2.75) is 0 Å². The average molecular weight is 168 g/mol. The van der Waals surface area contributed by atoms with Crippen molar-refractivity contribution in [1.82, 2.24) is 0 Å². The van der Waals surface area contributed by atoms with E-state index in [1.807, 2.05) is 0 Å². The molecule has 3 heteroatoms. The maximum absolute atomic E-state index is 6.45. The van der Waals surface area contributed by atoms with Crippen molar-refractivity contribution in [3.63, 3.8) is 0 Å². The molecule has 0 aromatic carbocycles. The van der Waals surface area contributed by atoms with Crippen LogP contribution in [-0.2, 0) is 0 Å². The third-order valence-electron chi connectivity index (χ3n) is 0.226. The molecule has 0 saturated carbocycles. The van der Waals surface area contributed by atoms with Gasteiger partial charge in [0, 0.05) is 0 Å². The summed E-state index contributed by atoms with van der Waals surface area (Å²) in [6.45, 7) is 0. The van der Waals surface area contributed by atoms with Crippen molar-refractivity contribution in [3.8, 4) is 0 Å². The fourth-order valence-electron chi connectivity index (χ4n) is 0.0690. The molecule has 1 N–H and O–H groups in total. The Labute approximate surface area is 47.3 Å². The first-order chi connectivity index (χ1) is 2.91. The first-order valence-electron chi connectivity index (χ1n) is 1.35. The number of halogens is 1. The summed E-state index contributed by atoms with van der Waals surface area (Å²) >= 11 is 0.0670. The molecular formula is C3H4ClNSe. The van der Waals surface area contributed by atoms with E-state index < -0.39 is 0 Å². The van der Waals surface area contributed by atoms with Gasteiger partial charge in [-0.25, -0.2) is 0 Å². The van der Waals surface area contributed by atoms with E-state index in [0.717, 1.165) is 0 Å². The third kappa shape index (κ3) is 4.22. The Morgan fingerprint density at radius 2 is 2.33 bits per heavy atom. The number of nitrogens with one attached hydrogen (secondary N) is 1. The van der Waals surface area contributed by atoms with Gasteiger partial charge in [-0.05, 0) is 0 Å². The molecule has 0 aliphatic rings. The molecule has 1 nitrogen and oxygen atoms in total. The topological polar surface area (TPSA) is 23.9 Å². The second-order valence-corrected chi connectivity index (χ2v) is 2.45. The average Bonchev–Trinajstić information content (AvgIpc) is 1.61. The van der Waals surface area contributed by atoms with Crippen LogP contribution in [0.5, 0.6) is 0 Å². The van der Waals surface area contributed by atoms with Gasteiger partial charge in [-0.1, -0.05) is 0 Å². The predicted octanol–water partition coefficient (Wildman–Crippen LogP) is 1.01. The van der Waals surface area contributed by atoms with Crippen LogP contribution < -0.4 is 0 Å². The number of hydrogen-bond donors (Lipinski definition) is 1. The molecule has 0 aliphatic heterocycles. The molecule has 0 unspecified atom stereocenters. The molecule has 0 saturated heterocycles. The molecule has 34 valence electrons. The summed E-state index contributed by atoms with van der Waals surface area (Å²) in [5.41, 5.74) is 0. The van der Waals surface area contributed by atoms with Gasteiger partial charge in [0.2, 0.25) is 0 Å². The van der Waals surface area contributed by atoms with Crippen LogP contribution in [-0.4, -0.2) is 20.3 Å². The predicted molar refractivity (Wildman–Crippen MR) is 29.5 cm³/mol. The van der Waals surface area contributed by atoms with Crippen molar-refractivity contribution >= 4 is 30.4 Å². The van der Waals surface area contributed by atoms with E-state index in [2.05, 4.69) is 0 Å². The Hall–Kier alpha value is 0.219. The Bertz CT molecular complexity index is 61.8. The van der Waals surface area contributed by atoms with Crippen LogP contribution in [0.2, 0.25) is 0 Å². The normalized spacial score (nSPS) is 9.50. The van der Waals surface area contributed by atoms with E-state index >= 15 is 0 Å². The Morgan fingerprint density at radius 1 is 1.67 bits per heavy atom. The first kappa shape index (κ1) is 6.22. The molecule has 0 aromatic rings. The van der Waals surface area contributed by atoms with Crippen molar-refractivity contribution in [1.29, 1.82) is 5.41 Å². The quantitative estimate of drug-likeness (QED) is 0.470. The zero-order valence-electron chi connectivity index (χ0n) is 3.02. The van der Waals surface area contributed by atoms with E-state index in [-0.39, 0.29) is 14.0 Å². The van der Waals surface area contributed by atoms with Crippen LogP contribution in [0.4, 0.5) is 0 Å². The van der Waals surface area contributed by atoms with Crippen LogP contribution in [0, 0.1) is 5.41 Å². The molecule has 0 atom stereocenters. The molecule has 0 amide bonds. The fourth-order valence-corrected chi connectivity index (χ4v) is 0.667. The van der Waals surface area contributed by atoms with Gasteiger partial charge in [-0.2, -0.15) is 0 Å². The Balaban J connectivity index is 2.94. The number of allylic oxidation sites excluding steroid dienone is 1. The monoisotopic (exact) mass is 169 g/mol. The van der Waals surface area contributed by atoms with Gasteiger partial charge >= 0.3 is 46.8 Å². The number of rotatable bonds is 2. The first-order valence-corrected chi connectivity index (χ1v) is 4.59. The third-order valence-corrected chi connectivity index (χ3v) is 1.31. The summed E-state index contributed by atoms with van der Waals surface area (Å²) in [5.74, 6) is 0. The molecule has 0 aliphatic carbocycles. The molecular weight excluding hydrogens is 164 g/mol. The second kappa shape index (κ2) is 5.22. The standard InChI is InChI=1S/C3H4ClNSe/c4-6-3-1-2-5/h1-3,5H/b3-1-,5-2?. The van der Waals surface area contributed by atoms with E-state index in [4.69, 9.17) is 15.5 Å². The van der Waals surface area contributed by atoms with Gasteiger partial charge in [-0.3, -0.25) is 0 Å². The molecule has 0 rings (SSSR count). The molecule has 0 heterocycles. The summed E-state index contributed by atoms with van der Waals surface area (Å²) in [4.78, 5) is 1.77. The van der Waals surface area contributed by atoms with Crippen molar-refractivity contribution in [2.24, 2.45) is 0 Å². The summed E-state index contributed by atoms with van der Waals surface area (Å²) in [7, 11) is 5.25. The zero-order valence-corrected chi connectivity index (χ0v) is 5.49. The van der Waals surface area contributed by atoms with Gasteiger partial charge in [0.25, 0.3) is 0 Å². The maximum atomic E-state index is 6.45. The van der Waals surface area contributed by atoms with Crippen molar-refractivity contribution in [3.05, 3.63) is 11.1 Å².